The van der Waals surface area contributed by atoms with Gasteiger partial charge in [-0.2, -0.15) is 0 Å². The smallest absolute Gasteiger partial charge is 0.354 e. The Balaban J connectivity index is 2.92. The van der Waals surface area contributed by atoms with E-state index in [2.05, 4.69) is 0 Å². The van der Waals surface area contributed by atoms with Gasteiger partial charge in [-0.15, -0.1) is 0 Å². The first-order valence-corrected chi connectivity index (χ1v) is 7.47. The van der Waals surface area contributed by atoms with Crippen molar-refractivity contribution in [3.63, 3.8) is 0 Å². The summed E-state index contributed by atoms with van der Waals surface area (Å²) < 4.78 is 57.8. The number of nitrogens with zero attached hydrogens (tertiary/aromatic N) is 1. The average Bonchev–Trinajstić information content (AvgIpc) is 2.77. The normalized spacial score (nSPS) is 11.9. The largest absolute Gasteiger partial charge is 0.461 e. The minimum absolute atomic E-state index is 0.0250. The molecule has 0 spiro atoms. The van der Waals surface area contributed by atoms with Crippen LogP contribution in [0.15, 0.2) is 17.2 Å². The number of nitrogens with two attached hydrogens (primary N) is 1. The summed E-state index contributed by atoms with van der Waals surface area (Å²) in [6.07, 6.45) is -1.45. The minimum Gasteiger partial charge on any atom is -0.461 e. The lowest BCUT2D eigenvalue weighted by molar-refractivity contribution is 0.0449. The SMILES string of the molecule is COCCCOC(=O)c1cc(S(N)(=O)=O)cn1CC(F)F. The first-order valence-electron chi connectivity index (χ1n) is 5.93. The van der Waals surface area contributed by atoms with Gasteiger partial charge in [0.2, 0.25) is 10.0 Å². The Labute approximate surface area is 120 Å². The van der Waals surface area contributed by atoms with Gasteiger partial charge in [-0.1, -0.05) is 0 Å². The quantitative estimate of drug-likeness (QED) is 0.557. The fraction of sp³-hybridized carbons (Fsp3) is 0.545. The van der Waals surface area contributed by atoms with Crippen molar-refractivity contribution in [3.05, 3.63) is 18.0 Å². The van der Waals surface area contributed by atoms with E-state index >= 15 is 0 Å². The fourth-order valence-corrected chi connectivity index (χ4v) is 2.10. The predicted molar refractivity (Wildman–Crippen MR) is 68.6 cm³/mol. The van der Waals surface area contributed by atoms with Crippen LogP contribution in [0.25, 0.3) is 0 Å². The molecule has 0 aliphatic heterocycles. The van der Waals surface area contributed by atoms with Crippen molar-refractivity contribution in [2.45, 2.75) is 24.3 Å². The summed E-state index contributed by atoms with van der Waals surface area (Å²) in [5, 5.41) is 4.91. The van der Waals surface area contributed by atoms with E-state index in [-0.39, 0.29) is 12.3 Å². The van der Waals surface area contributed by atoms with Crippen LogP contribution in [0.3, 0.4) is 0 Å². The Bertz CT molecular complexity index is 585. The zero-order valence-electron chi connectivity index (χ0n) is 11.3. The number of methoxy groups -OCH3 is 1. The molecule has 7 nitrogen and oxygen atoms in total. The van der Waals surface area contributed by atoms with E-state index in [1.54, 1.807) is 0 Å². The summed E-state index contributed by atoms with van der Waals surface area (Å²) >= 11 is 0. The highest BCUT2D eigenvalue weighted by atomic mass is 32.2. The van der Waals surface area contributed by atoms with E-state index in [4.69, 9.17) is 14.6 Å². The highest BCUT2D eigenvalue weighted by Gasteiger charge is 2.21. The van der Waals surface area contributed by atoms with Gasteiger partial charge >= 0.3 is 5.97 Å². The molecule has 21 heavy (non-hydrogen) atoms. The summed E-state index contributed by atoms with van der Waals surface area (Å²) in [6, 6.07) is 0.913. The Morgan fingerprint density at radius 1 is 1.43 bits per heavy atom. The van der Waals surface area contributed by atoms with Gasteiger partial charge in [0.1, 0.15) is 10.6 Å². The van der Waals surface area contributed by atoms with Gasteiger partial charge in [0, 0.05) is 26.3 Å². The molecule has 0 unspecified atom stereocenters. The highest BCUT2D eigenvalue weighted by Crippen LogP contribution is 2.16. The van der Waals surface area contributed by atoms with E-state index in [0.717, 1.165) is 16.8 Å². The number of hydrogen-bond acceptors (Lipinski definition) is 5. The maximum absolute atomic E-state index is 12.5. The summed E-state index contributed by atoms with van der Waals surface area (Å²) in [4.78, 5) is 11.4. The van der Waals surface area contributed by atoms with E-state index in [1.807, 2.05) is 0 Å². The summed E-state index contributed by atoms with van der Waals surface area (Å²) in [7, 11) is -2.62. The van der Waals surface area contributed by atoms with Gasteiger partial charge in [0.05, 0.1) is 13.2 Å². The molecule has 0 aliphatic rings. The number of halogens is 2. The van der Waals surface area contributed by atoms with Crippen LogP contribution in [0, 0.1) is 0 Å². The highest BCUT2D eigenvalue weighted by molar-refractivity contribution is 7.89. The molecule has 1 heterocycles. The molecule has 0 bridgehead atoms. The van der Waals surface area contributed by atoms with Crippen molar-refractivity contribution in [2.24, 2.45) is 5.14 Å². The minimum atomic E-state index is -4.10. The number of ether oxygens (including phenoxy) is 2. The molecule has 0 amide bonds. The summed E-state index contributed by atoms with van der Waals surface area (Å²) in [5.74, 6) is -0.901. The Hall–Kier alpha value is -1.52. The van der Waals surface area contributed by atoms with Gasteiger partial charge in [0.15, 0.2) is 0 Å². The number of sulfonamides is 1. The zero-order chi connectivity index (χ0) is 16.0. The molecule has 0 radical (unpaired) electrons. The molecule has 1 aromatic rings. The Morgan fingerprint density at radius 2 is 2.10 bits per heavy atom. The van der Waals surface area contributed by atoms with E-state index in [0.29, 0.717) is 13.0 Å². The van der Waals surface area contributed by atoms with Gasteiger partial charge < -0.3 is 14.0 Å². The molecule has 10 heteroatoms. The summed E-state index contributed by atoms with van der Waals surface area (Å²) in [6.45, 7) is -0.441. The summed E-state index contributed by atoms with van der Waals surface area (Å²) in [5.41, 5.74) is -0.295. The average molecular weight is 326 g/mol. The van der Waals surface area contributed by atoms with Crippen LogP contribution in [-0.4, -0.2) is 45.7 Å². The van der Waals surface area contributed by atoms with Crippen molar-refractivity contribution in [1.29, 1.82) is 0 Å². The van der Waals surface area contributed by atoms with Gasteiger partial charge in [0.25, 0.3) is 6.43 Å². The zero-order valence-corrected chi connectivity index (χ0v) is 12.1. The van der Waals surface area contributed by atoms with Crippen molar-refractivity contribution in [2.75, 3.05) is 20.3 Å². The Morgan fingerprint density at radius 3 is 2.62 bits per heavy atom. The lowest BCUT2D eigenvalue weighted by Crippen LogP contribution is -2.16. The molecule has 0 fully saturated rings. The lowest BCUT2D eigenvalue weighted by atomic mass is 10.4. The topological polar surface area (TPSA) is 101 Å². The van der Waals surface area contributed by atoms with E-state index in [1.165, 1.54) is 7.11 Å². The maximum atomic E-state index is 12.5. The third-order valence-corrected chi connectivity index (χ3v) is 3.35. The number of hydrogen-bond donors (Lipinski definition) is 1. The first-order chi connectivity index (χ1) is 9.75. The van der Waals surface area contributed by atoms with Gasteiger partial charge in [-0.25, -0.2) is 27.1 Å². The second-order valence-electron chi connectivity index (χ2n) is 4.13. The number of primary sulfonamides is 1. The second-order valence-corrected chi connectivity index (χ2v) is 5.69. The molecular weight excluding hydrogens is 310 g/mol. The number of alkyl halides is 2. The van der Waals surface area contributed by atoms with Crippen LogP contribution in [0.1, 0.15) is 16.9 Å². The number of carbonyl (C=O) groups excluding carboxylic acids is 1. The molecule has 0 atom stereocenters. The van der Waals surface area contributed by atoms with Crippen molar-refractivity contribution >= 4 is 16.0 Å². The van der Waals surface area contributed by atoms with Crippen LogP contribution in [0.4, 0.5) is 8.78 Å². The lowest BCUT2D eigenvalue weighted by Gasteiger charge is -2.08. The van der Waals surface area contributed by atoms with Crippen LogP contribution < -0.4 is 5.14 Å². The van der Waals surface area contributed by atoms with Crippen LogP contribution in [-0.2, 0) is 26.0 Å². The standard InChI is InChI=1S/C11H16F2N2O5S/c1-19-3-2-4-20-11(16)9-5-8(21(14,17)18)6-15(9)7-10(12)13/h5-6,10H,2-4,7H2,1H3,(H2,14,17,18). The van der Waals surface area contributed by atoms with Crippen molar-refractivity contribution < 1.29 is 31.5 Å². The fourth-order valence-electron chi connectivity index (χ4n) is 1.55. The molecule has 0 aliphatic carbocycles. The number of rotatable bonds is 8. The number of aromatic nitrogens is 1. The first kappa shape index (κ1) is 17.5. The number of esters is 1. The molecule has 1 aromatic heterocycles. The molecule has 1 rings (SSSR count). The van der Waals surface area contributed by atoms with E-state index < -0.39 is 33.9 Å². The van der Waals surface area contributed by atoms with Crippen LogP contribution in [0.2, 0.25) is 0 Å². The molecule has 120 valence electrons. The van der Waals surface area contributed by atoms with E-state index in [9.17, 15) is 22.0 Å². The maximum Gasteiger partial charge on any atom is 0.354 e. The molecule has 0 saturated heterocycles. The third-order valence-electron chi connectivity index (χ3n) is 2.47. The van der Waals surface area contributed by atoms with Crippen molar-refractivity contribution in [1.82, 2.24) is 4.57 Å². The molecule has 0 aromatic carbocycles. The van der Waals surface area contributed by atoms with Crippen LogP contribution >= 0.6 is 0 Å². The third kappa shape index (κ3) is 5.40. The molecule has 0 saturated carbocycles. The monoisotopic (exact) mass is 326 g/mol. The molecule has 2 N–H and O–H groups in total. The molecular formula is C11H16F2N2O5S. The predicted octanol–water partition coefficient (Wildman–Crippen LogP) is 0.594. The Kier molecular flexibility index (Phi) is 6.24. The van der Waals surface area contributed by atoms with Gasteiger partial charge in [-0.05, 0) is 6.07 Å². The second kappa shape index (κ2) is 7.48. The van der Waals surface area contributed by atoms with Crippen LogP contribution in [0.5, 0.6) is 0 Å². The van der Waals surface area contributed by atoms with Crippen molar-refractivity contribution in [3.8, 4) is 0 Å². The van der Waals surface area contributed by atoms with Gasteiger partial charge in [-0.3, -0.25) is 0 Å². The number of carbonyl (C=O) groups is 1.